The molecule has 0 aliphatic carbocycles. The minimum absolute atomic E-state index is 0.299. The Labute approximate surface area is 161 Å². The molecule has 0 aromatic carbocycles. The molecule has 1 aromatic rings. The van der Waals surface area contributed by atoms with Crippen molar-refractivity contribution in [3.63, 3.8) is 0 Å². The van der Waals surface area contributed by atoms with Crippen LogP contribution in [0.5, 0.6) is 0 Å². The molecule has 0 bridgehead atoms. The molecule has 1 fully saturated rings. The van der Waals surface area contributed by atoms with Crippen molar-refractivity contribution in [3.8, 4) is 0 Å². The van der Waals surface area contributed by atoms with Gasteiger partial charge in [-0.15, -0.1) is 11.3 Å². The minimum atomic E-state index is 0.299. The van der Waals surface area contributed by atoms with Crippen molar-refractivity contribution >= 4 is 22.0 Å². The summed E-state index contributed by atoms with van der Waals surface area (Å²) in [6, 6.07) is 0. The van der Waals surface area contributed by atoms with Crippen LogP contribution in [0.3, 0.4) is 0 Å². The molecule has 3 N–H and O–H groups in total. The normalized spacial score (nSPS) is 20.0. The van der Waals surface area contributed by atoms with E-state index in [0.29, 0.717) is 18.6 Å². The van der Waals surface area contributed by atoms with Crippen molar-refractivity contribution in [3.05, 3.63) is 35.0 Å². The third-order valence-corrected chi connectivity index (χ3v) is 6.36. The smallest absolute Gasteiger partial charge is 0.107 e. The van der Waals surface area contributed by atoms with Gasteiger partial charge in [0.25, 0.3) is 0 Å². The zero-order valence-corrected chi connectivity index (χ0v) is 17.1. The molecule has 0 radical (unpaired) electrons. The first-order valence-corrected chi connectivity index (χ1v) is 10.3. The molecule has 5 nitrogen and oxygen atoms in total. The van der Waals surface area contributed by atoms with Gasteiger partial charge in [-0.05, 0) is 24.8 Å². The molecule has 0 amide bonds. The monoisotopic (exact) mass is 376 g/mol. The Balaban J connectivity index is 1.94. The van der Waals surface area contributed by atoms with Crippen molar-refractivity contribution in [2.24, 2.45) is 11.7 Å². The van der Waals surface area contributed by atoms with Crippen molar-refractivity contribution in [1.82, 2.24) is 10.2 Å². The maximum absolute atomic E-state index is 5.71. The zero-order valence-electron chi connectivity index (χ0n) is 16.3. The van der Waals surface area contributed by atoms with E-state index in [1.807, 2.05) is 11.3 Å². The second-order valence-electron chi connectivity index (χ2n) is 7.56. The highest BCUT2D eigenvalue weighted by Crippen LogP contribution is 2.47. The average Bonchev–Trinajstić information content (AvgIpc) is 2.87. The second kappa shape index (κ2) is 8.13. The van der Waals surface area contributed by atoms with Crippen LogP contribution >= 0.6 is 11.3 Å². The van der Waals surface area contributed by atoms with Gasteiger partial charge >= 0.3 is 0 Å². The minimum Gasteiger partial charge on any atom is -0.376 e. The fraction of sp³-hybridized carbons (Fsp3) is 0.600. The van der Waals surface area contributed by atoms with Crippen molar-refractivity contribution in [1.29, 1.82) is 0 Å². The molecule has 0 spiro atoms. The SMILES string of the molecule is C=C1c2c(sc(CNCCN)c2C)N(CC2CCO2)C(=C)N1CC(C)C. The van der Waals surface area contributed by atoms with Gasteiger partial charge in [-0.25, -0.2) is 0 Å². The van der Waals surface area contributed by atoms with E-state index in [0.717, 1.165) is 50.7 Å². The summed E-state index contributed by atoms with van der Waals surface area (Å²) in [6.45, 7) is 20.5. The van der Waals surface area contributed by atoms with Crippen molar-refractivity contribution in [2.45, 2.75) is 39.8 Å². The molecule has 1 saturated heterocycles. The standard InChI is InChI=1S/C20H32N4OS/c1-13(2)11-23-15(4)19-14(3)18(10-22-8-7-21)26-20(19)24(16(23)5)12-17-6-9-25-17/h13,17,22H,4-12,21H2,1-3H3. The fourth-order valence-corrected chi connectivity index (χ4v) is 4.83. The van der Waals surface area contributed by atoms with Gasteiger partial charge in [-0.1, -0.05) is 27.0 Å². The van der Waals surface area contributed by atoms with Crippen LogP contribution in [0.1, 0.15) is 36.3 Å². The molecule has 2 aliphatic heterocycles. The number of hydrogen-bond donors (Lipinski definition) is 2. The lowest BCUT2D eigenvalue weighted by Gasteiger charge is -2.44. The number of fused-ring (bicyclic) bond motifs is 1. The Hall–Kier alpha value is -1.34. The predicted octanol–water partition coefficient (Wildman–Crippen LogP) is 3.11. The molecule has 1 aromatic heterocycles. The Morgan fingerprint density at radius 3 is 2.65 bits per heavy atom. The maximum atomic E-state index is 5.71. The molecule has 144 valence electrons. The molecule has 26 heavy (non-hydrogen) atoms. The summed E-state index contributed by atoms with van der Waals surface area (Å²) < 4.78 is 5.71. The molecule has 1 unspecified atom stereocenters. The Morgan fingerprint density at radius 2 is 2.08 bits per heavy atom. The van der Waals surface area contributed by atoms with Crippen LogP contribution < -0.4 is 16.0 Å². The molecule has 3 rings (SSSR count). The van der Waals surface area contributed by atoms with Gasteiger partial charge in [0, 0.05) is 48.9 Å². The summed E-state index contributed by atoms with van der Waals surface area (Å²) in [5.41, 5.74) is 9.28. The van der Waals surface area contributed by atoms with Gasteiger partial charge in [0.1, 0.15) is 10.8 Å². The van der Waals surface area contributed by atoms with Crippen LogP contribution in [0, 0.1) is 12.8 Å². The molecule has 0 saturated carbocycles. The quantitative estimate of drug-likeness (QED) is 0.683. The number of ether oxygens (including phenoxy) is 1. The van der Waals surface area contributed by atoms with Crippen LogP contribution in [0.2, 0.25) is 0 Å². The van der Waals surface area contributed by atoms with Gasteiger partial charge < -0.3 is 25.6 Å². The summed E-state index contributed by atoms with van der Waals surface area (Å²) in [6.07, 6.45) is 1.42. The Bertz CT molecular complexity index is 678. The van der Waals surface area contributed by atoms with Gasteiger partial charge in [0.05, 0.1) is 12.6 Å². The van der Waals surface area contributed by atoms with Gasteiger partial charge in [0.2, 0.25) is 0 Å². The molecule has 3 heterocycles. The topological polar surface area (TPSA) is 53.8 Å². The number of nitrogens with one attached hydrogen (secondary N) is 1. The van der Waals surface area contributed by atoms with Crippen LogP contribution in [0.15, 0.2) is 19.0 Å². The first kappa shape index (κ1) is 19.4. The van der Waals surface area contributed by atoms with Crippen LogP contribution in [-0.4, -0.2) is 43.8 Å². The molecular formula is C20H32N4OS. The lowest BCUT2D eigenvalue weighted by Crippen LogP contribution is -2.45. The van der Waals surface area contributed by atoms with E-state index in [1.54, 1.807) is 0 Å². The highest BCUT2D eigenvalue weighted by molar-refractivity contribution is 7.16. The largest absolute Gasteiger partial charge is 0.376 e. The molecule has 1 atom stereocenters. The lowest BCUT2D eigenvalue weighted by molar-refractivity contribution is -0.0442. The van der Waals surface area contributed by atoms with Crippen LogP contribution in [0.25, 0.3) is 5.70 Å². The van der Waals surface area contributed by atoms with E-state index in [9.17, 15) is 0 Å². The number of anilines is 1. The summed E-state index contributed by atoms with van der Waals surface area (Å²) in [5, 5.41) is 4.69. The molecule has 6 heteroatoms. The van der Waals surface area contributed by atoms with E-state index in [2.05, 4.69) is 49.0 Å². The van der Waals surface area contributed by atoms with Gasteiger partial charge in [-0.3, -0.25) is 0 Å². The summed E-state index contributed by atoms with van der Waals surface area (Å²) >= 11 is 1.84. The number of thiophene rings is 1. The van der Waals surface area contributed by atoms with Gasteiger partial charge in [-0.2, -0.15) is 0 Å². The Kier molecular flexibility index (Phi) is 6.07. The average molecular weight is 377 g/mol. The number of nitrogens with two attached hydrogens (primary N) is 1. The van der Waals surface area contributed by atoms with E-state index >= 15 is 0 Å². The third-order valence-electron chi connectivity index (χ3n) is 5.04. The number of hydrogen-bond acceptors (Lipinski definition) is 6. The summed E-state index contributed by atoms with van der Waals surface area (Å²) in [7, 11) is 0. The number of nitrogens with zero attached hydrogens (tertiary/aromatic N) is 2. The summed E-state index contributed by atoms with van der Waals surface area (Å²) in [4.78, 5) is 5.98. The van der Waals surface area contributed by atoms with E-state index in [-0.39, 0.29) is 0 Å². The first-order valence-electron chi connectivity index (χ1n) is 9.51. The van der Waals surface area contributed by atoms with Gasteiger partial charge in [0.15, 0.2) is 0 Å². The van der Waals surface area contributed by atoms with Crippen LogP contribution in [-0.2, 0) is 11.3 Å². The Morgan fingerprint density at radius 1 is 1.35 bits per heavy atom. The maximum Gasteiger partial charge on any atom is 0.107 e. The molecule has 2 aliphatic rings. The lowest BCUT2D eigenvalue weighted by atomic mass is 10.0. The predicted molar refractivity (Wildman–Crippen MR) is 111 cm³/mol. The fourth-order valence-electron chi connectivity index (χ4n) is 3.50. The van der Waals surface area contributed by atoms with E-state index in [4.69, 9.17) is 10.5 Å². The highest BCUT2D eigenvalue weighted by Gasteiger charge is 2.35. The molecular weight excluding hydrogens is 344 g/mol. The van der Waals surface area contributed by atoms with E-state index < -0.39 is 0 Å². The first-order chi connectivity index (χ1) is 12.4. The zero-order chi connectivity index (χ0) is 18.8. The second-order valence-corrected chi connectivity index (χ2v) is 8.64. The number of rotatable bonds is 8. The summed E-state index contributed by atoms with van der Waals surface area (Å²) in [5.74, 6) is 1.56. The van der Waals surface area contributed by atoms with E-state index in [1.165, 1.54) is 21.0 Å². The van der Waals surface area contributed by atoms with Crippen molar-refractivity contribution in [2.75, 3.05) is 37.7 Å². The van der Waals surface area contributed by atoms with Crippen molar-refractivity contribution < 1.29 is 4.74 Å². The van der Waals surface area contributed by atoms with Crippen LogP contribution in [0.4, 0.5) is 5.00 Å². The third kappa shape index (κ3) is 3.69. The highest BCUT2D eigenvalue weighted by atomic mass is 32.1.